The Balaban J connectivity index is 1.90. The molecular formula is C17H19FN4O3. The van der Waals surface area contributed by atoms with Gasteiger partial charge in [-0.2, -0.15) is 10.3 Å². The number of aryl methyl sites for hydroxylation is 1. The van der Waals surface area contributed by atoms with Crippen LogP contribution in [0.5, 0.6) is 0 Å². The Morgan fingerprint density at radius 3 is 2.92 bits per heavy atom. The zero-order valence-corrected chi connectivity index (χ0v) is 14.1. The highest BCUT2D eigenvalue weighted by Gasteiger charge is 2.36. The number of benzene rings is 1. The number of aromatic nitrogens is 3. The number of ether oxygens (including phenoxy) is 1. The number of nitrogens with zero attached hydrogens (tertiary/aromatic N) is 3. The van der Waals surface area contributed by atoms with Gasteiger partial charge in [-0.1, -0.05) is 6.07 Å². The van der Waals surface area contributed by atoms with Crippen LogP contribution in [0.4, 0.5) is 4.39 Å². The number of rotatable bonds is 4. The highest BCUT2D eigenvalue weighted by molar-refractivity contribution is 5.95. The van der Waals surface area contributed by atoms with Crippen LogP contribution in [0.15, 0.2) is 18.2 Å². The van der Waals surface area contributed by atoms with E-state index < -0.39 is 23.7 Å². The number of likely N-dealkylation sites (tertiary alicyclic amines) is 1. The van der Waals surface area contributed by atoms with Crippen molar-refractivity contribution in [1.29, 1.82) is 0 Å². The van der Waals surface area contributed by atoms with Crippen molar-refractivity contribution >= 4 is 11.9 Å². The predicted molar refractivity (Wildman–Crippen MR) is 86.5 cm³/mol. The molecule has 0 aliphatic carbocycles. The molecule has 3 rings (SSSR count). The molecule has 0 radical (unpaired) electrons. The summed E-state index contributed by atoms with van der Waals surface area (Å²) in [5.74, 6) is -1.56. The summed E-state index contributed by atoms with van der Waals surface area (Å²) in [4.78, 5) is 26.4. The molecule has 1 saturated heterocycles. The second-order valence-electron chi connectivity index (χ2n) is 5.92. The molecule has 8 heteroatoms. The highest BCUT2D eigenvalue weighted by Crippen LogP contribution is 2.33. The summed E-state index contributed by atoms with van der Waals surface area (Å²) in [6.45, 7) is 4.14. The van der Waals surface area contributed by atoms with Gasteiger partial charge in [-0.15, -0.1) is 5.10 Å². The van der Waals surface area contributed by atoms with E-state index in [0.29, 0.717) is 18.7 Å². The minimum atomic E-state index is -0.591. The van der Waals surface area contributed by atoms with Gasteiger partial charge in [0.1, 0.15) is 11.5 Å². The maximum absolute atomic E-state index is 14.2. The van der Waals surface area contributed by atoms with Crippen LogP contribution >= 0.6 is 0 Å². The molecule has 1 amide bonds. The number of nitrogens with one attached hydrogen (secondary N) is 1. The lowest BCUT2D eigenvalue weighted by molar-refractivity contribution is 0.0512. The van der Waals surface area contributed by atoms with Gasteiger partial charge in [0.15, 0.2) is 5.69 Å². The van der Waals surface area contributed by atoms with Gasteiger partial charge in [-0.05, 0) is 44.4 Å². The predicted octanol–water partition coefficient (Wildman–Crippen LogP) is 2.41. The van der Waals surface area contributed by atoms with Gasteiger partial charge < -0.3 is 9.64 Å². The van der Waals surface area contributed by atoms with E-state index in [1.165, 1.54) is 17.0 Å². The monoisotopic (exact) mass is 346 g/mol. The topological polar surface area (TPSA) is 88.2 Å². The number of esters is 1. The van der Waals surface area contributed by atoms with Gasteiger partial charge in [0.25, 0.3) is 5.91 Å². The van der Waals surface area contributed by atoms with Crippen LogP contribution in [0.3, 0.4) is 0 Å². The number of amides is 1. The van der Waals surface area contributed by atoms with E-state index in [0.717, 1.165) is 12.0 Å². The van der Waals surface area contributed by atoms with E-state index >= 15 is 0 Å². The summed E-state index contributed by atoms with van der Waals surface area (Å²) in [5.41, 5.74) is 1.18. The van der Waals surface area contributed by atoms with Gasteiger partial charge in [-0.25, -0.2) is 9.18 Å². The molecule has 1 atom stereocenters. The quantitative estimate of drug-likeness (QED) is 0.859. The summed E-state index contributed by atoms with van der Waals surface area (Å²) >= 11 is 0. The molecule has 0 saturated carbocycles. The van der Waals surface area contributed by atoms with E-state index in [9.17, 15) is 14.0 Å². The van der Waals surface area contributed by atoms with Crippen LogP contribution in [-0.2, 0) is 4.74 Å². The van der Waals surface area contributed by atoms with Crippen LogP contribution in [0.25, 0.3) is 0 Å². The van der Waals surface area contributed by atoms with Crippen LogP contribution in [-0.4, -0.2) is 45.3 Å². The van der Waals surface area contributed by atoms with Crippen LogP contribution < -0.4 is 0 Å². The van der Waals surface area contributed by atoms with E-state index in [-0.39, 0.29) is 17.9 Å². The lowest BCUT2D eigenvalue weighted by Crippen LogP contribution is -2.32. The zero-order chi connectivity index (χ0) is 18.0. The minimum Gasteiger partial charge on any atom is -0.461 e. The number of aromatic amines is 1. The number of hydrogen-bond acceptors (Lipinski definition) is 5. The molecule has 0 spiro atoms. The molecule has 2 heterocycles. The average Bonchev–Trinajstić information content (AvgIpc) is 3.23. The van der Waals surface area contributed by atoms with Gasteiger partial charge in [0, 0.05) is 6.54 Å². The van der Waals surface area contributed by atoms with Crippen molar-refractivity contribution in [2.75, 3.05) is 13.2 Å². The Bertz CT molecular complexity index is 805. The van der Waals surface area contributed by atoms with Gasteiger partial charge in [0.2, 0.25) is 0 Å². The first-order valence-electron chi connectivity index (χ1n) is 8.17. The van der Waals surface area contributed by atoms with Crippen LogP contribution in [0.2, 0.25) is 0 Å². The number of carbonyl (C=O) groups excluding carboxylic acids is 2. The highest BCUT2D eigenvalue weighted by atomic mass is 19.1. The normalized spacial score (nSPS) is 16.9. The summed E-state index contributed by atoms with van der Waals surface area (Å²) in [6, 6.07) is 4.07. The molecule has 1 aromatic carbocycles. The number of hydrogen-bond donors (Lipinski definition) is 1. The number of carbonyl (C=O) groups is 2. The molecule has 1 aliphatic heterocycles. The fourth-order valence-electron chi connectivity index (χ4n) is 3.06. The maximum Gasteiger partial charge on any atom is 0.360 e. The first-order chi connectivity index (χ1) is 12.0. The zero-order valence-electron chi connectivity index (χ0n) is 14.1. The van der Waals surface area contributed by atoms with E-state index in [4.69, 9.17) is 4.74 Å². The standard InChI is InChI=1S/C17H19FN4O3/c1-3-25-17(24)15-14(19-21-20-15)13-5-4-8-22(13)16(23)11-7-6-10(2)9-12(11)18/h6-7,9,13H,3-5,8H2,1-2H3,(H,19,20,21). The molecule has 1 unspecified atom stereocenters. The number of halogens is 1. The smallest absolute Gasteiger partial charge is 0.360 e. The third kappa shape index (κ3) is 3.24. The van der Waals surface area contributed by atoms with Crippen molar-refractivity contribution in [2.24, 2.45) is 0 Å². The lowest BCUT2D eigenvalue weighted by atomic mass is 10.1. The SMILES string of the molecule is CCOC(=O)c1n[nH]nc1C1CCCN1C(=O)c1ccc(C)cc1F. The van der Waals surface area contributed by atoms with Crippen molar-refractivity contribution in [2.45, 2.75) is 32.7 Å². The Morgan fingerprint density at radius 2 is 2.20 bits per heavy atom. The largest absolute Gasteiger partial charge is 0.461 e. The summed E-state index contributed by atoms with van der Waals surface area (Å²) in [6.07, 6.45) is 1.36. The van der Waals surface area contributed by atoms with E-state index in [1.54, 1.807) is 19.9 Å². The van der Waals surface area contributed by atoms with Gasteiger partial charge in [-0.3, -0.25) is 4.79 Å². The summed E-state index contributed by atoms with van der Waals surface area (Å²) < 4.78 is 19.2. The second-order valence-corrected chi connectivity index (χ2v) is 5.92. The Morgan fingerprint density at radius 1 is 1.40 bits per heavy atom. The van der Waals surface area contributed by atoms with E-state index in [2.05, 4.69) is 15.4 Å². The van der Waals surface area contributed by atoms with Crippen molar-refractivity contribution < 1.29 is 18.7 Å². The molecule has 1 aliphatic rings. The van der Waals surface area contributed by atoms with Crippen molar-refractivity contribution in [1.82, 2.24) is 20.3 Å². The summed E-state index contributed by atoms with van der Waals surface area (Å²) in [5, 5.41) is 10.3. The second kappa shape index (κ2) is 7.00. The molecule has 0 bridgehead atoms. The first-order valence-corrected chi connectivity index (χ1v) is 8.17. The Kier molecular flexibility index (Phi) is 4.78. The first kappa shape index (κ1) is 17.1. The minimum absolute atomic E-state index is 0.0127. The Hall–Kier alpha value is -2.77. The fraction of sp³-hybridized carbons (Fsp3) is 0.412. The lowest BCUT2D eigenvalue weighted by Gasteiger charge is -2.24. The summed E-state index contributed by atoms with van der Waals surface area (Å²) in [7, 11) is 0. The van der Waals surface area contributed by atoms with Crippen molar-refractivity contribution in [3.63, 3.8) is 0 Å². The molecular weight excluding hydrogens is 327 g/mol. The molecule has 132 valence electrons. The van der Waals surface area contributed by atoms with Crippen LogP contribution in [0, 0.1) is 12.7 Å². The van der Waals surface area contributed by atoms with Gasteiger partial charge in [0.05, 0.1) is 18.2 Å². The average molecular weight is 346 g/mol. The third-order valence-corrected chi connectivity index (χ3v) is 4.23. The van der Waals surface area contributed by atoms with Crippen LogP contribution in [0.1, 0.15) is 57.9 Å². The van der Waals surface area contributed by atoms with Gasteiger partial charge >= 0.3 is 5.97 Å². The molecule has 1 N–H and O–H groups in total. The molecule has 2 aromatic rings. The Labute approximate surface area is 144 Å². The van der Waals surface area contributed by atoms with Crippen molar-refractivity contribution in [3.8, 4) is 0 Å². The van der Waals surface area contributed by atoms with E-state index in [1.807, 2.05) is 0 Å². The molecule has 7 nitrogen and oxygen atoms in total. The third-order valence-electron chi connectivity index (χ3n) is 4.23. The molecule has 25 heavy (non-hydrogen) atoms. The molecule has 1 aromatic heterocycles. The number of H-pyrrole nitrogens is 1. The van der Waals surface area contributed by atoms with Crippen molar-refractivity contribution in [3.05, 3.63) is 46.5 Å². The maximum atomic E-state index is 14.2. The molecule has 1 fully saturated rings. The fourth-order valence-corrected chi connectivity index (χ4v) is 3.06.